The fourth-order valence-electron chi connectivity index (χ4n) is 1.60. The van der Waals surface area contributed by atoms with Crippen LogP contribution in [-0.4, -0.2) is 23.8 Å². The molecule has 0 saturated heterocycles. The Morgan fingerprint density at radius 2 is 1.79 bits per heavy atom. The summed E-state index contributed by atoms with van der Waals surface area (Å²) in [4.78, 5) is 10.5. The van der Waals surface area contributed by atoms with Gasteiger partial charge in [-0.3, -0.25) is 4.79 Å². The molecule has 0 heterocycles. The Labute approximate surface area is 109 Å². The van der Waals surface area contributed by atoms with Gasteiger partial charge in [-0.2, -0.15) is 13.2 Å². The van der Waals surface area contributed by atoms with Gasteiger partial charge in [0.25, 0.3) is 0 Å². The Bertz CT molecular complexity index is 415. The van der Waals surface area contributed by atoms with E-state index in [9.17, 15) is 18.0 Å². The van der Waals surface area contributed by atoms with Crippen LogP contribution in [0.25, 0.3) is 0 Å². The van der Waals surface area contributed by atoms with Crippen LogP contribution in [0.15, 0.2) is 24.3 Å². The average Bonchev–Trinajstić information content (AvgIpc) is 2.33. The number of alkyl halides is 3. The van der Waals surface area contributed by atoms with Crippen LogP contribution >= 0.6 is 0 Å². The lowest BCUT2D eigenvalue weighted by atomic mass is 10.1. The number of hydrogen-bond acceptors (Lipinski definition) is 2. The van der Waals surface area contributed by atoms with Crippen LogP contribution in [0.2, 0.25) is 0 Å². The first-order valence-corrected chi connectivity index (χ1v) is 5.92. The van der Waals surface area contributed by atoms with Gasteiger partial charge < -0.3 is 10.4 Å². The van der Waals surface area contributed by atoms with Crippen molar-refractivity contribution in [1.29, 1.82) is 0 Å². The molecule has 0 spiro atoms. The maximum absolute atomic E-state index is 12.4. The van der Waals surface area contributed by atoms with Crippen LogP contribution < -0.4 is 5.32 Å². The normalized spacial score (nSPS) is 13.3. The summed E-state index contributed by atoms with van der Waals surface area (Å²) >= 11 is 0. The molecule has 19 heavy (non-hydrogen) atoms. The van der Waals surface area contributed by atoms with Crippen LogP contribution in [0.4, 0.5) is 13.2 Å². The second-order valence-corrected chi connectivity index (χ2v) is 4.23. The monoisotopic (exact) mass is 275 g/mol. The SMILES string of the molecule is CCc1ccc(CNCC(C(=O)O)C(F)(F)F)cc1. The van der Waals surface area contributed by atoms with E-state index in [1.54, 1.807) is 0 Å². The van der Waals surface area contributed by atoms with Gasteiger partial charge in [0.2, 0.25) is 0 Å². The maximum atomic E-state index is 12.4. The van der Waals surface area contributed by atoms with Gasteiger partial charge in [-0.25, -0.2) is 0 Å². The third kappa shape index (κ3) is 4.90. The van der Waals surface area contributed by atoms with E-state index in [0.717, 1.165) is 17.5 Å². The van der Waals surface area contributed by atoms with Gasteiger partial charge in [0.1, 0.15) is 0 Å². The number of halogens is 3. The number of nitrogens with one attached hydrogen (secondary N) is 1. The summed E-state index contributed by atoms with van der Waals surface area (Å²) in [6.45, 7) is 1.59. The van der Waals surface area contributed by atoms with E-state index < -0.39 is 24.6 Å². The third-order valence-corrected chi connectivity index (χ3v) is 2.80. The molecular formula is C13H16F3NO2. The second kappa shape index (κ2) is 6.56. The zero-order chi connectivity index (χ0) is 14.5. The molecule has 0 amide bonds. The van der Waals surface area contributed by atoms with Gasteiger partial charge in [0.05, 0.1) is 0 Å². The fraction of sp³-hybridized carbons (Fsp3) is 0.462. The predicted molar refractivity (Wildman–Crippen MR) is 64.7 cm³/mol. The molecule has 0 aliphatic heterocycles. The molecule has 0 aromatic heterocycles. The molecule has 0 aliphatic rings. The fourth-order valence-corrected chi connectivity index (χ4v) is 1.60. The molecule has 6 heteroatoms. The van der Waals surface area contributed by atoms with Gasteiger partial charge in [0.15, 0.2) is 5.92 Å². The molecule has 106 valence electrons. The van der Waals surface area contributed by atoms with Gasteiger partial charge >= 0.3 is 12.1 Å². The highest BCUT2D eigenvalue weighted by Crippen LogP contribution is 2.25. The Hall–Kier alpha value is -1.56. The molecule has 0 saturated carbocycles. The molecule has 3 nitrogen and oxygen atoms in total. The summed E-state index contributed by atoms with van der Waals surface area (Å²) in [5.74, 6) is -4.23. The van der Waals surface area contributed by atoms with Crippen LogP contribution in [0.1, 0.15) is 18.1 Å². The number of carboxylic acids is 1. The molecule has 0 radical (unpaired) electrons. The molecule has 0 fully saturated rings. The molecule has 0 aliphatic carbocycles. The molecule has 0 bridgehead atoms. The molecule has 1 aromatic carbocycles. The summed E-state index contributed by atoms with van der Waals surface area (Å²) in [5.41, 5.74) is 1.96. The van der Waals surface area contributed by atoms with Crippen molar-refractivity contribution in [2.45, 2.75) is 26.1 Å². The van der Waals surface area contributed by atoms with Crippen LogP contribution in [0.3, 0.4) is 0 Å². The van der Waals surface area contributed by atoms with Crippen molar-refractivity contribution in [3.8, 4) is 0 Å². The van der Waals surface area contributed by atoms with Gasteiger partial charge in [-0.05, 0) is 17.5 Å². The number of aliphatic carboxylic acids is 1. The number of hydrogen-bond donors (Lipinski definition) is 2. The summed E-state index contributed by atoms with van der Waals surface area (Å²) in [7, 11) is 0. The standard InChI is InChI=1S/C13H16F3NO2/c1-2-9-3-5-10(6-4-9)7-17-8-11(12(18)19)13(14,15)16/h3-6,11,17H,2,7-8H2,1H3,(H,18,19). The van der Waals surface area contributed by atoms with E-state index in [1.165, 1.54) is 0 Å². The summed E-state index contributed by atoms with van der Waals surface area (Å²) in [5, 5.41) is 11.0. The first-order valence-electron chi connectivity index (χ1n) is 5.92. The minimum Gasteiger partial charge on any atom is -0.481 e. The van der Waals surface area contributed by atoms with Gasteiger partial charge in [-0.15, -0.1) is 0 Å². The van der Waals surface area contributed by atoms with Crippen molar-refractivity contribution in [3.63, 3.8) is 0 Å². The van der Waals surface area contributed by atoms with E-state index in [1.807, 2.05) is 31.2 Å². The van der Waals surface area contributed by atoms with Crippen LogP contribution in [0.5, 0.6) is 0 Å². The topological polar surface area (TPSA) is 49.3 Å². The van der Waals surface area contributed by atoms with Crippen molar-refractivity contribution in [1.82, 2.24) is 5.32 Å². The van der Waals surface area contributed by atoms with Gasteiger partial charge in [0, 0.05) is 13.1 Å². The van der Waals surface area contributed by atoms with E-state index in [-0.39, 0.29) is 6.54 Å². The maximum Gasteiger partial charge on any atom is 0.403 e. The highest BCUT2D eigenvalue weighted by Gasteiger charge is 2.44. The third-order valence-electron chi connectivity index (χ3n) is 2.80. The zero-order valence-electron chi connectivity index (χ0n) is 10.5. The number of carboxylic acid groups (broad SMARTS) is 1. The predicted octanol–water partition coefficient (Wildman–Crippen LogP) is 2.60. The van der Waals surface area contributed by atoms with Crippen LogP contribution in [0, 0.1) is 5.92 Å². The number of carbonyl (C=O) groups is 1. The van der Waals surface area contributed by atoms with Crippen molar-refractivity contribution in [2.75, 3.05) is 6.54 Å². The van der Waals surface area contributed by atoms with E-state index in [2.05, 4.69) is 5.32 Å². The number of aryl methyl sites for hydroxylation is 1. The summed E-state index contributed by atoms with van der Waals surface area (Å²) in [6.07, 6.45) is -3.84. The highest BCUT2D eigenvalue weighted by atomic mass is 19.4. The van der Waals surface area contributed by atoms with Gasteiger partial charge in [-0.1, -0.05) is 31.2 Å². The molecule has 1 rings (SSSR count). The number of rotatable bonds is 6. The van der Waals surface area contributed by atoms with E-state index in [4.69, 9.17) is 5.11 Å². The quantitative estimate of drug-likeness (QED) is 0.839. The summed E-state index contributed by atoms with van der Waals surface area (Å²) < 4.78 is 37.1. The Balaban J connectivity index is 2.50. The molecule has 2 N–H and O–H groups in total. The minimum atomic E-state index is -4.73. The molecule has 1 atom stereocenters. The van der Waals surface area contributed by atoms with Crippen molar-refractivity contribution in [2.24, 2.45) is 5.92 Å². The highest BCUT2D eigenvalue weighted by molar-refractivity contribution is 5.71. The lowest BCUT2D eigenvalue weighted by Crippen LogP contribution is -2.38. The Morgan fingerprint density at radius 1 is 1.26 bits per heavy atom. The minimum absolute atomic E-state index is 0.212. The van der Waals surface area contributed by atoms with E-state index >= 15 is 0 Å². The zero-order valence-corrected chi connectivity index (χ0v) is 10.5. The molecule has 1 aromatic rings. The van der Waals surface area contributed by atoms with Crippen molar-refractivity contribution >= 4 is 5.97 Å². The Morgan fingerprint density at radius 3 is 2.21 bits per heavy atom. The van der Waals surface area contributed by atoms with E-state index in [0.29, 0.717) is 0 Å². The lowest BCUT2D eigenvalue weighted by Gasteiger charge is -2.16. The Kier molecular flexibility index (Phi) is 5.35. The number of benzene rings is 1. The molecular weight excluding hydrogens is 259 g/mol. The van der Waals surface area contributed by atoms with Crippen LogP contribution in [-0.2, 0) is 17.8 Å². The van der Waals surface area contributed by atoms with Crippen molar-refractivity contribution in [3.05, 3.63) is 35.4 Å². The molecule has 1 unspecified atom stereocenters. The smallest absolute Gasteiger partial charge is 0.403 e. The summed E-state index contributed by atoms with van der Waals surface area (Å²) in [6, 6.07) is 7.43. The van der Waals surface area contributed by atoms with Crippen molar-refractivity contribution < 1.29 is 23.1 Å². The largest absolute Gasteiger partial charge is 0.481 e. The first-order chi connectivity index (χ1) is 8.84. The lowest BCUT2D eigenvalue weighted by molar-refractivity contribution is -0.192. The average molecular weight is 275 g/mol. The first kappa shape index (κ1) is 15.5. The second-order valence-electron chi connectivity index (χ2n) is 4.23.